The van der Waals surface area contributed by atoms with Crippen molar-refractivity contribution in [3.8, 4) is 0 Å². The molecule has 3 aliphatic rings. The molecular weight excluding hydrogens is 214 g/mol. The first-order valence-corrected chi connectivity index (χ1v) is 7.49. The van der Waals surface area contributed by atoms with Crippen LogP contribution in [-0.4, -0.2) is 6.04 Å². The second-order valence-corrected chi connectivity index (χ2v) is 6.92. The summed E-state index contributed by atoms with van der Waals surface area (Å²) in [4.78, 5) is 1.54. The van der Waals surface area contributed by atoms with Gasteiger partial charge in [-0.2, -0.15) is 0 Å². The average Bonchev–Trinajstić information content (AvgIpc) is 2.70. The van der Waals surface area contributed by atoms with Gasteiger partial charge < -0.3 is 5.32 Å². The molecule has 4 atom stereocenters. The number of rotatable bonds is 3. The van der Waals surface area contributed by atoms with Gasteiger partial charge in [-0.1, -0.05) is 0 Å². The van der Waals surface area contributed by atoms with Crippen molar-refractivity contribution in [2.45, 2.75) is 38.8 Å². The Morgan fingerprint density at radius 2 is 2.06 bits per heavy atom. The van der Waals surface area contributed by atoms with Crippen LogP contribution < -0.4 is 5.32 Å². The molecule has 3 fully saturated rings. The summed E-state index contributed by atoms with van der Waals surface area (Å²) in [5.74, 6) is 4.33. The highest BCUT2D eigenvalue weighted by molar-refractivity contribution is 7.10. The first-order valence-electron chi connectivity index (χ1n) is 6.61. The molecule has 3 aliphatic carbocycles. The van der Waals surface area contributed by atoms with Gasteiger partial charge in [-0.15, -0.1) is 11.3 Å². The fourth-order valence-electron chi connectivity index (χ4n) is 4.39. The van der Waals surface area contributed by atoms with Gasteiger partial charge in [-0.3, -0.25) is 0 Å². The van der Waals surface area contributed by atoms with Crippen molar-refractivity contribution in [3.05, 3.63) is 21.9 Å². The number of thiophene rings is 1. The Balaban J connectivity index is 1.39. The molecule has 86 valence electrons. The van der Waals surface area contributed by atoms with E-state index in [-0.39, 0.29) is 0 Å². The summed E-state index contributed by atoms with van der Waals surface area (Å²) in [7, 11) is 0. The van der Waals surface area contributed by atoms with E-state index in [1.165, 1.54) is 23.3 Å². The van der Waals surface area contributed by atoms with E-state index < -0.39 is 0 Å². The molecule has 1 N–H and O–H groups in total. The lowest BCUT2D eigenvalue weighted by atomic mass is 10.0. The van der Waals surface area contributed by atoms with Crippen molar-refractivity contribution in [3.63, 3.8) is 0 Å². The van der Waals surface area contributed by atoms with E-state index in [1.54, 1.807) is 6.42 Å². The Morgan fingerprint density at radius 3 is 2.69 bits per heavy atom. The largest absolute Gasteiger partial charge is 0.308 e. The Morgan fingerprint density at radius 1 is 1.31 bits per heavy atom. The molecule has 0 aromatic carbocycles. The monoisotopic (exact) mass is 233 g/mol. The summed E-state index contributed by atoms with van der Waals surface area (Å²) in [6.45, 7) is 3.34. The minimum Gasteiger partial charge on any atom is -0.308 e. The van der Waals surface area contributed by atoms with E-state index in [2.05, 4.69) is 23.7 Å². The van der Waals surface area contributed by atoms with Crippen LogP contribution in [0.1, 0.15) is 29.7 Å². The van der Waals surface area contributed by atoms with E-state index in [0.29, 0.717) is 0 Å². The van der Waals surface area contributed by atoms with Gasteiger partial charge in [-0.05, 0) is 66.9 Å². The van der Waals surface area contributed by atoms with Gasteiger partial charge in [0.25, 0.3) is 0 Å². The molecule has 0 amide bonds. The van der Waals surface area contributed by atoms with Gasteiger partial charge in [0.2, 0.25) is 0 Å². The fourth-order valence-corrected chi connectivity index (χ4v) is 5.25. The van der Waals surface area contributed by atoms with Crippen LogP contribution in [0.4, 0.5) is 0 Å². The molecule has 0 radical (unpaired) electrons. The molecular formula is C14H19NS. The SMILES string of the molecule is Cc1ccsc1CNC1C2C3CCC(C3)C12. The standard InChI is InChI=1S/C14H19NS/c1-8-4-5-16-11(8)7-15-14-12-9-2-3-10(6-9)13(12)14/h4-5,9-10,12-15H,2-3,6-7H2,1H3. The fraction of sp³-hybridized carbons (Fsp3) is 0.714. The van der Waals surface area contributed by atoms with Gasteiger partial charge in [0, 0.05) is 17.5 Å². The Kier molecular flexibility index (Phi) is 2.01. The lowest BCUT2D eigenvalue weighted by Crippen LogP contribution is -2.22. The summed E-state index contributed by atoms with van der Waals surface area (Å²) in [5, 5.41) is 6.03. The van der Waals surface area contributed by atoms with Crippen LogP contribution >= 0.6 is 11.3 Å². The average molecular weight is 233 g/mol. The van der Waals surface area contributed by atoms with Crippen molar-refractivity contribution in [1.29, 1.82) is 0 Å². The molecule has 4 unspecified atom stereocenters. The first kappa shape index (κ1) is 9.67. The minimum absolute atomic E-state index is 0.882. The first-order chi connectivity index (χ1) is 7.84. The molecule has 1 aromatic rings. The maximum absolute atomic E-state index is 3.81. The molecule has 1 nitrogen and oxygen atoms in total. The molecule has 2 bridgehead atoms. The highest BCUT2D eigenvalue weighted by Crippen LogP contribution is 2.65. The quantitative estimate of drug-likeness (QED) is 0.845. The maximum atomic E-state index is 3.81. The van der Waals surface area contributed by atoms with Crippen LogP contribution in [0.25, 0.3) is 0 Å². The summed E-state index contributed by atoms with van der Waals surface area (Å²) < 4.78 is 0. The molecule has 0 aliphatic heterocycles. The molecule has 2 heteroatoms. The highest BCUT2D eigenvalue weighted by Gasteiger charge is 2.64. The number of hydrogen-bond acceptors (Lipinski definition) is 2. The van der Waals surface area contributed by atoms with Gasteiger partial charge in [-0.25, -0.2) is 0 Å². The van der Waals surface area contributed by atoms with Crippen LogP contribution in [0.2, 0.25) is 0 Å². The number of hydrogen-bond donors (Lipinski definition) is 1. The number of nitrogens with one attached hydrogen (secondary N) is 1. The summed E-state index contributed by atoms with van der Waals surface area (Å²) in [6.07, 6.45) is 4.62. The Bertz CT molecular complexity index is 395. The van der Waals surface area contributed by atoms with E-state index in [1.807, 2.05) is 11.3 Å². The topological polar surface area (TPSA) is 12.0 Å². The van der Waals surface area contributed by atoms with Crippen molar-refractivity contribution in [2.24, 2.45) is 23.7 Å². The molecule has 16 heavy (non-hydrogen) atoms. The van der Waals surface area contributed by atoms with E-state index in [4.69, 9.17) is 0 Å². The van der Waals surface area contributed by atoms with Crippen LogP contribution in [0.15, 0.2) is 11.4 Å². The second kappa shape index (κ2) is 3.33. The zero-order chi connectivity index (χ0) is 10.7. The minimum atomic E-state index is 0.882. The van der Waals surface area contributed by atoms with Gasteiger partial charge >= 0.3 is 0 Å². The van der Waals surface area contributed by atoms with Crippen LogP contribution in [0.3, 0.4) is 0 Å². The van der Waals surface area contributed by atoms with Crippen molar-refractivity contribution < 1.29 is 0 Å². The van der Waals surface area contributed by atoms with Gasteiger partial charge in [0.05, 0.1) is 0 Å². The third-order valence-corrected chi connectivity index (χ3v) is 6.22. The molecule has 1 aromatic heterocycles. The van der Waals surface area contributed by atoms with E-state index >= 15 is 0 Å². The summed E-state index contributed by atoms with van der Waals surface area (Å²) in [6, 6.07) is 3.12. The molecule has 4 rings (SSSR count). The van der Waals surface area contributed by atoms with E-state index in [9.17, 15) is 0 Å². The third kappa shape index (κ3) is 1.26. The zero-order valence-electron chi connectivity index (χ0n) is 9.78. The lowest BCUT2D eigenvalue weighted by molar-refractivity contribution is 0.456. The molecule has 0 saturated heterocycles. The van der Waals surface area contributed by atoms with Crippen LogP contribution in [-0.2, 0) is 6.54 Å². The van der Waals surface area contributed by atoms with Crippen molar-refractivity contribution in [1.82, 2.24) is 5.32 Å². The predicted molar refractivity (Wildman–Crippen MR) is 67.5 cm³/mol. The maximum Gasteiger partial charge on any atom is 0.0305 e. The van der Waals surface area contributed by atoms with E-state index in [0.717, 1.165) is 36.3 Å². The predicted octanol–water partition coefficient (Wildman–Crippen LogP) is 3.19. The Hall–Kier alpha value is -0.340. The van der Waals surface area contributed by atoms with Crippen LogP contribution in [0.5, 0.6) is 0 Å². The normalized spacial score (nSPS) is 43.7. The van der Waals surface area contributed by atoms with Gasteiger partial charge in [0.15, 0.2) is 0 Å². The molecule has 1 heterocycles. The van der Waals surface area contributed by atoms with Crippen LogP contribution in [0, 0.1) is 30.6 Å². The van der Waals surface area contributed by atoms with Crippen molar-refractivity contribution in [2.75, 3.05) is 0 Å². The number of fused-ring (bicyclic) bond motifs is 5. The van der Waals surface area contributed by atoms with Gasteiger partial charge in [0.1, 0.15) is 0 Å². The summed E-state index contributed by atoms with van der Waals surface area (Å²) >= 11 is 1.90. The second-order valence-electron chi connectivity index (χ2n) is 5.92. The van der Waals surface area contributed by atoms with Crippen molar-refractivity contribution >= 4 is 11.3 Å². The third-order valence-electron chi connectivity index (χ3n) is 5.20. The highest BCUT2D eigenvalue weighted by atomic mass is 32.1. The smallest absolute Gasteiger partial charge is 0.0305 e. The molecule has 3 saturated carbocycles. The summed E-state index contributed by atoms with van der Waals surface area (Å²) in [5.41, 5.74) is 1.46. The molecule has 0 spiro atoms. The Labute approximate surface area is 101 Å². The lowest BCUT2D eigenvalue weighted by Gasteiger charge is -2.10. The number of aryl methyl sites for hydroxylation is 1. The zero-order valence-corrected chi connectivity index (χ0v) is 10.6.